The number of hydrogen-bond acceptors (Lipinski definition) is 3. The molecule has 22 heavy (non-hydrogen) atoms. The molecule has 1 fully saturated rings. The summed E-state index contributed by atoms with van der Waals surface area (Å²) < 4.78 is 0. The molecule has 1 aliphatic rings. The molecule has 0 aliphatic carbocycles. The van der Waals surface area contributed by atoms with Crippen LogP contribution in [0.5, 0.6) is 0 Å². The van der Waals surface area contributed by atoms with E-state index in [0.29, 0.717) is 35.4 Å². The van der Waals surface area contributed by atoms with Crippen molar-refractivity contribution in [3.8, 4) is 0 Å². The molecule has 3 N–H and O–H groups in total. The lowest BCUT2D eigenvalue weighted by molar-refractivity contribution is -0.126. The third-order valence-electron chi connectivity index (χ3n) is 3.33. The van der Waals surface area contributed by atoms with Gasteiger partial charge >= 0.3 is 0 Å². The summed E-state index contributed by atoms with van der Waals surface area (Å²) in [7, 11) is 0. The van der Waals surface area contributed by atoms with Crippen molar-refractivity contribution in [2.24, 2.45) is 11.7 Å². The first-order chi connectivity index (χ1) is 10.0. The van der Waals surface area contributed by atoms with Crippen molar-refractivity contribution in [2.45, 2.75) is 12.8 Å². The van der Waals surface area contributed by atoms with E-state index in [-0.39, 0.29) is 36.6 Å². The number of amides is 2. The Hall–Kier alpha value is -1.01. The summed E-state index contributed by atoms with van der Waals surface area (Å²) in [5.74, 6) is -0.576. The van der Waals surface area contributed by atoms with Crippen molar-refractivity contribution in [2.75, 3.05) is 24.5 Å². The number of carbonyl (C=O) groups is 2. The molecule has 1 aromatic carbocycles. The number of halogens is 3. The minimum Gasteiger partial charge on any atom is -0.356 e. The molecule has 122 valence electrons. The average Bonchev–Trinajstić information content (AvgIpc) is 2.80. The molecule has 1 saturated heterocycles. The summed E-state index contributed by atoms with van der Waals surface area (Å²) in [4.78, 5) is 25.6. The Kier molecular flexibility index (Phi) is 7.42. The lowest BCUT2D eigenvalue weighted by Crippen LogP contribution is -2.34. The van der Waals surface area contributed by atoms with Gasteiger partial charge in [0.2, 0.25) is 11.8 Å². The van der Waals surface area contributed by atoms with Gasteiger partial charge in [0.15, 0.2) is 0 Å². The van der Waals surface area contributed by atoms with Crippen molar-refractivity contribution in [1.82, 2.24) is 5.32 Å². The summed E-state index contributed by atoms with van der Waals surface area (Å²) >= 11 is 11.9. The minimum atomic E-state index is -0.354. The molecule has 1 heterocycles. The Morgan fingerprint density at radius 1 is 1.32 bits per heavy atom. The fraction of sp³-hybridized carbons (Fsp3) is 0.429. The number of anilines is 1. The van der Waals surface area contributed by atoms with Crippen LogP contribution < -0.4 is 16.0 Å². The molecule has 5 nitrogen and oxygen atoms in total. The molecule has 1 aliphatic heterocycles. The van der Waals surface area contributed by atoms with Crippen LogP contribution in [-0.4, -0.2) is 31.4 Å². The maximum absolute atomic E-state index is 12.1. The average molecular weight is 367 g/mol. The highest BCUT2D eigenvalue weighted by Crippen LogP contribution is 2.30. The Morgan fingerprint density at radius 3 is 2.55 bits per heavy atom. The van der Waals surface area contributed by atoms with Gasteiger partial charge in [0, 0.05) is 35.2 Å². The van der Waals surface area contributed by atoms with Crippen LogP contribution in [0.2, 0.25) is 10.0 Å². The van der Waals surface area contributed by atoms with Crippen LogP contribution in [0.25, 0.3) is 0 Å². The topological polar surface area (TPSA) is 75.4 Å². The van der Waals surface area contributed by atoms with E-state index in [0.717, 1.165) is 6.42 Å². The first kappa shape index (κ1) is 19.0. The second kappa shape index (κ2) is 8.58. The Labute approximate surface area is 145 Å². The lowest BCUT2D eigenvalue weighted by Gasteiger charge is -2.17. The van der Waals surface area contributed by atoms with Gasteiger partial charge in [0.1, 0.15) is 0 Å². The number of benzene rings is 1. The van der Waals surface area contributed by atoms with E-state index in [4.69, 9.17) is 28.9 Å². The van der Waals surface area contributed by atoms with E-state index in [1.54, 1.807) is 23.1 Å². The van der Waals surface area contributed by atoms with Gasteiger partial charge < -0.3 is 16.0 Å². The van der Waals surface area contributed by atoms with Crippen molar-refractivity contribution < 1.29 is 9.59 Å². The predicted molar refractivity (Wildman–Crippen MR) is 90.9 cm³/mol. The van der Waals surface area contributed by atoms with E-state index < -0.39 is 0 Å². The summed E-state index contributed by atoms with van der Waals surface area (Å²) in [6.07, 6.45) is 0.915. The van der Waals surface area contributed by atoms with Crippen LogP contribution in [0.3, 0.4) is 0 Å². The molecule has 1 aromatic rings. The highest BCUT2D eigenvalue weighted by Gasteiger charge is 2.35. The van der Waals surface area contributed by atoms with Crippen LogP contribution in [0.1, 0.15) is 12.8 Å². The summed E-state index contributed by atoms with van der Waals surface area (Å²) in [6, 6.07) is 4.93. The van der Waals surface area contributed by atoms with E-state index in [1.165, 1.54) is 0 Å². The van der Waals surface area contributed by atoms with E-state index in [9.17, 15) is 9.59 Å². The third kappa shape index (κ3) is 4.74. The quantitative estimate of drug-likeness (QED) is 0.785. The van der Waals surface area contributed by atoms with Gasteiger partial charge in [0.25, 0.3) is 0 Å². The zero-order chi connectivity index (χ0) is 15.4. The van der Waals surface area contributed by atoms with Crippen LogP contribution in [0, 0.1) is 5.92 Å². The van der Waals surface area contributed by atoms with Gasteiger partial charge in [-0.15, -0.1) is 12.4 Å². The van der Waals surface area contributed by atoms with Crippen LogP contribution in [0.4, 0.5) is 5.69 Å². The van der Waals surface area contributed by atoms with Gasteiger partial charge in [-0.05, 0) is 31.2 Å². The highest BCUT2D eigenvalue weighted by atomic mass is 35.5. The van der Waals surface area contributed by atoms with Gasteiger partial charge in [-0.1, -0.05) is 23.2 Å². The standard InChI is InChI=1S/C14H17Cl2N3O2.ClH/c15-10-5-11(16)7-12(6-10)19-8-9(4-13(19)20)14(21)18-3-1-2-17;/h5-7,9H,1-4,8,17H2,(H,18,21);1H. The lowest BCUT2D eigenvalue weighted by atomic mass is 10.1. The molecule has 0 spiro atoms. The molecule has 0 bridgehead atoms. The molecule has 1 unspecified atom stereocenters. The number of nitrogens with one attached hydrogen (secondary N) is 1. The Bertz CT molecular complexity index is 534. The number of nitrogens with zero attached hydrogens (tertiary/aromatic N) is 1. The smallest absolute Gasteiger partial charge is 0.227 e. The van der Waals surface area contributed by atoms with Gasteiger partial charge in [-0.25, -0.2) is 0 Å². The summed E-state index contributed by atoms with van der Waals surface area (Å²) in [6.45, 7) is 1.39. The van der Waals surface area contributed by atoms with Gasteiger partial charge in [-0.3, -0.25) is 9.59 Å². The minimum absolute atomic E-state index is 0. The highest BCUT2D eigenvalue weighted by molar-refractivity contribution is 6.35. The SMILES string of the molecule is Cl.NCCCNC(=O)C1CC(=O)N(c2cc(Cl)cc(Cl)c2)C1. The molecule has 0 radical (unpaired) electrons. The number of hydrogen-bond donors (Lipinski definition) is 2. The van der Waals surface area contributed by atoms with Crippen LogP contribution >= 0.6 is 35.6 Å². The second-order valence-corrected chi connectivity index (χ2v) is 5.84. The molecule has 2 amide bonds. The molecular weight excluding hydrogens is 349 g/mol. The fourth-order valence-electron chi connectivity index (χ4n) is 2.29. The van der Waals surface area contributed by atoms with Gasteiger partial charge in [0.05, 0.1) is 5.92 Å². The van der Waals surface area contributed by atoms with Crippen molar-refractivity contribution >= 4 is 53.1 Å². The number of carbonyl (C=O) groups excluding carboxylic acids is 2. The molecule has 0 saturated carbocycles. The monoisotopic (exact) mass is 365 g/mol. The Balaban J connectivity index is 0.00000242. The van der Waals surface area contributed by atoms with Crippen molar-refractivity contribution in [3.63, 3.8) is 0 Å². The van der Waals surface area contributed by atoms with Gasteiger partial charge in [-0.2, -0.15) is 0 Å². The third-order valence-corrected chi connectivity index (χ3v) is 3.77. The maximum atomic E-state index is 12.1. The van der Waals surface area contributed by atoms with E-state index in [1.807, 2.05) is 0 Å². The molecule has 0 aromatic heterocycles. The second-order valence-electron chi connectivity index (χ2n) is 4.97. The zero-order valence-corrected chi connectivity index (χ0v) is 14.2. The zero-order valence-electron chi connectivity index (χ0n) is 11.9. The molecule has 2 rings (SSSR count). The summed E-state index contributed by atoms with van der Waals surface area (Å²) in [5.41, 5.74) is 6.00. The molecule has 8 heteroatoms. The molecular formula is C14H18Cl3N3O2. The van der Waals surface area contributed by atoms with Crippen molar-refractivity contribution in [1.29, 1.82) is 0 Å². The normalized spacial score (nSPS) is 17.3. The first-order valence-corrected chi connectivity index (χ1v) is 7.51. The summed E-state index contributed by atoms with van der Waals surface area (Å²) in [5, 5.41) is 3.71. The van der Waals surface area contributed by atoms with Crippen LogP contribution in [0.15, 0.2) is 18.2 Å². The largest absolute Gasteiger partial charge is 0.356 e. The van der Waals surface area contributed by atoms with Crippen LogP contribution in [-0.2, 0) is 9.59 Å². The van der Waals surface area contributed by atoms with Crippen molar-refractivity contribution in [3.05, 3.63) is 28.2 Å². The maximum Gasteiger partial charge on any atom is 0.227 e. The fourth-order valence-corrected chi connectivity index (χ4v) is 2.80. The molecule has 1 atom stereocenters. The number of nitrogens with two attached hydrogens (primary N) is 1. The predicted octanol–water partition coefficient (Wildman–Crippen LogP) is 2.23. The van der Waals surface area contributed by atoms with E-state index in [2.05, 4.69) is 5.32 Å². The number of rotatable bonds is 5. The Morgan fingerprint density at radius 2 is 1.95 bits per heavy atom. The van der Waals surface area contributed by atoms with E-state index >= 15 is 0 Å². The first-order valence-electron chi connectivity index (χ1n) is 6.75.